The van der Waals surface area contributed by atoms with E-state index >= 15 is 0 Å². The lowest BCUT2D eigenvalue weighted by Crippen LogP contribution is -2.55. The highest BCUT2D eigenvalue weighted by Gasteiger charge is 2.33. The molecule has 0 unspecified atom stereocenters. The van der Waals surface area contributed by atoms with Crippen LogP contribution in [-0.2, 0) is 4.79 Å². The van der Waals surface area contributed by atoms with Crippen LogP contribution in [0.3, 0.4) is 0 Å². The zero-order chi connectivity index (χ0) is 13.8. The Morgan fingerprint density at radius 2 is 1.83 bits per heavy atom. The summed E-state index contributed by atoms with van der Waals surface area (Å²) in [5.41, 5.74) is -0.517. The minimum Gasteiger partial charge on any atom is -0.480 e. The van der Waals surface area contributed by atoms with Crippen LogP contribution in [0.2, 0.25) is 0 Å². The second kappa shape index (κ2) is 6.04. The third kappa shape index (κ3) is 4.52. The van der Waals surface area contributed by atoms with Gasteiger partial charge in [0.15, 0.2) is 0 Å². The fraction of sp³-hybridized carbons (Fsp3) is 0.833. The predicted octanol–water partition coefficient (Wildman–Crippen LogP) is 0.537. The first-order chi connectivity index (χ1) is 8.30. The normalized spacial score (nSPS) is 19.1. The fourth-order valence-electron chi connectivity index (χ4n) is 1.97. The minimum atomic E-state index is -1.01. The molecule has 1 atom stereocenters. The summed E-state index contributed by atoms with van der Waals surface area (Å²) in [7, 11) is 0. The summed E-state index contributed by atoms with van der Waals surface area (Å²) in [6, 6.07) is -1.16. The topological polar surface area (TPSA) is 90.5 Å². The van der Waals surface area contributed by atoms with Crippen molar-refractivity contribution in [2.75, 3.05) is 13.1 Å². The molecule has 0 spiro atoms. The number of carboxylic acid groups (broad SMARTS) is 1. The lowest BCUT2D eigenvalue weighted by atomic mass is 9.87. The number of nitrogens with one attached hydrogen (secondary N) is 3. The van der Waals surface area contributed by atoms with Gasteiger partial charge in [-0.3, -0.25) is 0 Å². The molecule has 6 heteroatoms. The molecule has 6 nitrogen and oxygen atoms in total. The Kier molecular flexibility index (Phi) is 4.95. The summed E-state index contributed by atoms with van der Waals surface area (Å²) in [5.74, 6) is -1.01. The molecule has 0 saturated carbocycles. The molecule has 104 valence electrons. The van der Waals surface area contributed by atoms with Crippen LogP contribution in [0.5, 0.6) is 0 Å². The second-order valence-electron chi connectivity index (χ2n) is 5.78. The molecule has 0 aliphatic carbocycles. The fourth-order valence-corrected chi connectivity index (χ4v) is 1.97. The highest BCUT2D eigenvalue weighted by atomic mass is 16.4. The van der Waals surface area contributed by atoms with Gasteiger partial charge >= 0.3 is 12.0 Å². The predicted molar refractivity (Wildman–Crippen MR) is 68.4 cm³/mol. The Labute approximate surface area is 108 Å². The molecule has 0 bridgehead atoms. The van der Waals surface area contributed by atoms with Gasteiger partial charge in [0.25, 0.3) is 0 Å². The first-order valence-corrected chi connectivity index (χ1v) is 6.31. The van der Waals surface area contributed by atoms with E-state index in [0.717, 1.165) is 25.9 Å². The molecule has 1 aliphatic rings. The van der Waals surface area contributed by atoms with Gasteiger partial charge in [-0.05, 0) is 31.3 Å². The SMILES string of the molecule is CC(C)(C)[C@@H](NC(=O)NC1CCNCC1)C(=O)O. The van der Waals surface area contributed by atoms with E-state index in [4.69, 9.17) is 5.11 Å². The van der Waals surface area contributed by atoms with E-state index in [9.17, 15) is 9.59 Å². The highest BCUT2D eigenvalue weighted by molar-refractivity contribution is 5.83. The van der Waals surface area contributed by atoms with Crippen molar-refractivity contribution in [3.63, 3.8) is 0 Å². The van der Waals surface area contributed by atoms with E-state index in [0.29, 0.717) is 0 Å². The van der Waals surface area contributed by atoms with Crippen molar-refractivity contribution in [1.29, 1.82) is 0 Å². The molecular weight excluding hydrogens is 234 g/mol. The van der Waals surface area contributed by atoms with E-state index < -0.39 is 23.5 Å². The molecule has 1 saturated heterocycles. The van der Waals surface area contributed by atoms with Crippen LogP contribution in [0.15, 0.2) is 0 Å². The number of piperidine rings is 1. The average molecular weight is 257 g/mol. The Bertz CT molecular complexity index is 306. The lowest BCUT2D eigenvalue weighted by molar-refractivity contribution is -0.141. The van der Waals surface area contributed by atoms with Crippen molar-refractivity contribution < 1.29 is 14.7 Å². The molecule has 1 aliphatic heterocycles. The number of amides is 2. The maximum atomic E-state index is 11.8. The number of carbonyl (C=O) groups is 2. The van der Waals surface area contributed by atoms with E-state index in [1.165, 1.54) is 0 Å². The van der Waals surface area contributed by atoms with Gasteiger partial charge in [-0.25, -0.2) is 9.59 Å². The molecule has 2 amide bonds. The molecule has 1 rings (SSSR count). The first-order valence-electron chi connectivity index (χ1n) is 6.31. The summed E-state index contributed by atoms with van der Waals surface area (Å²) in [6.07, 6.45) is 1.75. The smallest absolute Gasteiger partial charge is 0.326 e. The molecule has 0 aromatic heterocycles. The molecule has 0 aromatic rings. The van der Waals surface area contributed by atoms with Crippen LogP contribution >= 0.6 is 0 Å². The van der Waals surface area contributed by atoms with Gasteiger partial charge in [0.2, 0.25) is 0 Å². The molecule has 1 heterocycles. The van der Waals surface area contributed by atoms with Gasteiger partial charge in [0.1, 0.15) is 6.04 Å². The Balaban J connectivity index is 2.48. The Morgan fingerprint density at radius 1 is 1.28 bits per heavy atom. The molecule has 18 heavy (non-hydrogen) atoms. The van der Waals surface area contributed by atoms with Crippen LogP contribution < -0.4 is 16.0 Å². The van der Waals surface area contributed by atoms with E-state index in [2.05, 4.69) is 16.0 Å². The van der Waals surface area contributed by atoms with Crippen molar-refractivity contribution in [3.05, 3.63) is 0 Å². The Morgan fingerprint density at radius 3 is 2.28 bits per heavy atom. The monoisotopic (exact) mass is 257 g/mol. The summed E-state index contributed by atoms with van der Waals surface area (Å²) in [4.78, 5) is 22.9. The number of carbonyl (C=O) groups excluding carboxylic acids is 1. The van der Waals surface area contributed by atoms with Crippen LogP contribution in [0.4, 0.5) is 4.79 Å². The van der Waals surface area contributed by atoms with E-state index in [1.807, 2.05) is 0 Å². The molecular formula is C12H23N3O3. The maximum absolute atomic E-state index is 11.8. The maximum Gasteiger partial charge on any atom is 0.326 e. The van der Waals surface area contributed by atoms with Gasteiger partial charge in [0.05, 0.1) is 0 Å². The summed E-state index contributed by atoms with van der Waals surface area (Å²) >= 11 is 0. The highest BCUT2D eigenvalue weighted by Crippen LogP contribution is 2.19. The zero-order valence-corrected chi connectivity index (χ0v) is 11.2. The lowest BCUT2D eigenvalue weighted by Gasteiger charge is -2.29. The van der Waals surface area contributed by atoms with Gasteiger partial charge in [0, 0.05) is 6.04 Å². The van der Waals surface area contributed by atoms with Crippen LogP contribution in [0.25, 0.3) is 0 Å². The number of aliphatic carboxylic acids is 1. The number of carboxylic acids is 1. The van der Waals surface area contributed by atoms with Gasteiger partial charge < -0.3 is 21.1 Å². The van der Waals surface area contributed by atoms with Crippen molar-refractivity contribution in [2.24, 2.45) is 5.41 Å². The van der Waals surface area contributed by atoms with Gasteiger partial charge in [-0.1, -0.05) is 20.8 Å². The summed E-state index contributed by atoms with van der Waals surface area (Å²) in [6.45, 7) is 7.13. The number of hydrogen-bond donors (Lipinski definition) is 4. The first kappa shape index (κ1) is 14.8. The third-order valence-electron chi connectivity index (χ3n) is 3.06. The molecule has 0 aromatic carbocycles. The summed E-state index contributed by atoms with van der Waals surface area (Å²) < 4.78 is 0. The van der Waals surface area contributed by atoms with E-state index in [-0.39, 0.29) is 6.04 Å². The van der Waals surface area contributed by atoms with Gasteiger partial charge in [-0.15, -0.1) is 0 Å². The second-order valence-corrected chi connectivity index (χ2v) is 5.78. The largest absolute Gasteiger partial charge is 0.480 e. The molecule has 0 radical (unpaired) electrons. The molecule has 4 N–H and O–H groups in total. The Hall–Kier alpha value is -1.30. The summed E-state index contributed by atoms with van der Waals surface area (Å²) in [5, 5.41) is 17.7. The van der Waals surface area contributed by atoms with Crippen molar-refractivity contribution in [3.8, 4) is 0 Å². The third-order valence-corrected chi connectivity index (χ3v) is 3.06. The minimum absolute atomic E-state index is 0.126. The standard InChI is InChI=1S/C12H23N3O3/c1-12(2,3)9(10(16)17)15-11(18)14-8-4-6-13-7-5-8/h8-9,13H,4-7H2,1-3H3,(H,16,17)(H2,14,15,18)/t9-/m0/s1. The van der Waals surface area contributed by atoms with E-state index in [1.54, 1.807) is 20.8 Å². The number of rotatable bonds is 3. The number of urea groups is 1. The van der Waals surface area contributed by atoms with Crippen molar-refractivity contribution >= 4 is 12.0 Å². The van der Waals surface area contributed by atoms with Crippen LogP contribution in [0, 0.1) is 5.41 Å². The quantitative estimate of drug-likeness (QED) is 0.594. The average Bonchev–Trinajstić information content (AvgIpc) is 2.25. The van der Waals surface area contributed by atoms with Gasteiger partial charge in [-0.2, -0.15) is 0 Å². The van der Waals surface area contributed by atoms with Crippen LogP contribution in [-0.4, -0.2) is 42.3 Å². The zero-order valence-electron chi connectivity index (χ0n) is 11.2. The van der Waals surface area contributed by atoms with Crippen molar-refractivity contribution in [1.82, 2.24) is 16.0 Å². The van der Waals surface area contributed by atoms with Crippen molar-refractivity contribution in [2.45, 2.75) is 45.7 Å². The number of hydrogen-bond acceptors (Lipinski definition) is 3. The molecule has 1 fully saturated rings. The van der Waals surface area contributed by atoms with Crippen LogP contribution in [0.1, 0.15) is 33.6 Å².